The molecule has 2 aromatic carbocycles. The van der Waals surface area contributed by atoms with Crippen LogP contribution >= 0.6 is 0 Å². The molecule has 0 unspecified atom stereocenters. The zero-order chi connectivity index (χ0) is 22.9. The molecule has 2 aromatic heterocycles. The van der Waals surface area contributed by atoms with Crippen LogP contribution in [0.2, 0.25) is 0 Å². The summed E-state index contributed by atoms with van der Waals surface area (Å²) in [6.45, 7) is 1.73. The number of halogens is 3. The summed E-state index contributed by atoms with van der Waals surface area (Å²) in [7, 11) is 0. The molecule has 32 heavy (non-hydrogen) atoms. The lowest BCUT2D eigenvalue weighted by Crippen LogP contribution is -2.28. The van der Waals surface area contributed by atoms with Crippen LogP contribution in [0.1, 0.15) is 22.4 Å². The molecule has 4 aromatic rings. The number of nitriles is 1. The van der Waals surface area contributed by atoms with Crippen LogP contribution < -0.4 is 5.56 Å². The third-order valence-electron chi connectivity index (χ3n) is 5.19. The number of para-hydroxylation sites is 1. The van der Waals surface area contributed by atoms with E-state index >= 15 is 0 Å². The van der Waals surface area contributed by atoms with E-state index in [1.165, 1.54) is 16.8 Å². The molecule has 0 radical (unpaired) electrons. The Kier molecular flexibility index (Phi) is 5.41. The molecule has 4 rings (SSSR count). The Morgan fingerprint density at radius 3 is 2.25 bits per heavy atom. The minimum absolute atomic E-state index is 0.0117. The number of alkyl halides is 3. The van der Waals surface area contributed by atoms with Gasteiger partial charge in [0.1, 0.15) is 11.6 Å². The number of pyridine rings is 1. The fourth-order valence-corrected chi connectivity index (χ4v) is 3.61. The topological polar surface area (TPSA) is 63.6 Å². The molecule has 0 aliphatic rings. The summed E-state index contributed by atoms with van der Waals surface area (Å²) >= 11 is 0. The van der Waals surface area contributed by atoms with Crippen molar-refractivity contribution in [2.75, 3.05) is 0 Å². The quantitative estimate of drug-likeness (QED) is 0.457. The van der Waals surface area contributed by atoms with Crippen LogP contribution in [0.5, 0.6) is 0 Å². The van der Waals surface area contributed by atoms with Crippen molar-refractivity contribution < 1.29 is 13.2 Å². The fourth-order valence-electron chi connectivity index (χ4n) is 3.61. The molecule has 0 fully saturated rings. The van der Waals surface area contributed by atoms with Gasteiger partial charge in [0.05, 0.1) is 35.4 Å². The Morgan fingerprint density at radius 1 is 1.03 bits per heavy atom. The number of rotatable bonds is 4. The van der Waals surface area contributed by atoms with E-state index < -0.39 is 22.9 Å². The minimum Gasteiger partial charge on any atom is -0.303 e. The molecular formula is C24H17F3N4O. The van der Waals surface area contributed by atoms with Crippen LogP contribution in [0, 0.1) is 18.3 Å². The average Bonchev–Trinajstić information content (AvgIpc) is 3.16. The summed E-state index contributed by atoms with van der Waals surface area (Å²) in [4.78, 5) is 13.1. The second kappa shape index (κ2) is 8.19. The van der Waals surface area contributed by atoms with Gasteiger partial charge >= 0.3 is 6.18 Å². The number of hydrogen-bond donors (Lipinski definition) is 0. The summed E-state index contributed by atoms with van der Waals surface area (Å²) in [5.41, 5.74) is -0.739. The predicted molar refractivity (Wildman–Crippen MR) is 113 cm³/mol. The maximum Gasteiger partial charge on any atom is 0.417 e. The molecule has 160 valence electrons. The van der Waals surface area contributed by atoms with E-state index in [4.69, 9.17) is 0 Å². The molecule has 2 heterocycles. The van der Waals surface area contributed by atoms with Crippen molar-refractivity contribution in [3.8, 4) is 23.0 Å². The first-order valence-corrected chi connectivity index (χ1v) is 9.70. The smallest absolute Gasteiger partial charge is 0.303 e. The van der Waals surface area contributed by atoms with Gasteiger partial charge in [-0.3, -0.25) is 4.79 Å². The highest BCUT2D eigenvalue weighted by molar-refractivity contribution is 5.65. The Balaban J connectivity index is 1.99. The SMILES string of the molecule is Cc1c(-c2cc(C(F)(F)F)c(C#N)c(=O)n2Cc2ccccc2)cnn1-c1ccccc1. The molecule has 0 spiro atoms. The van der Waals surface area contributed by atoms with E-state index in [2.05, 4.69) is 5.10 Å². The van der Waals surface area contributed by atoms with Gasteiger partial charge in [0, 0.05) is 5.56 Å². The van der Waals surface area contributed by atoms with Gasteiger partial charge < -0.3 is 4.57 Å². The first kappa shape index (κ1) is 21.1. The Hall–Kier alpha value is -4.12. The van der Waals surface area contributed by atoms with Crippen molar-refractivity contribution in [2.45, 2.75) is 19.6 Å². The molecule has 0 aliphatic heterocycles. The van der Waals surface area contributed by atoms with Crippen LogP contribution in [0.15, 0.2) is 77.7 Å². The van der Waals surface area contributed by atoms with Gasteiger partial charge in [0.15, 0.2) is 0 Å². The van der Waals surface area contributed by atoms with Crippen LogP contribution in [0.4, 0.5) is 13.2 Å². The van der Waals surface area contributed by atoms with E-state index in [1.807, 2.05) is 30.3 Å². The monoisotopic (exact) mass is 434 g/mol. The predicted octanol–water partition coefficient (Wildman–Crippen LogP) is 4.95. The second-order valence-corrected chi connectivity index (χ2v) is 7.20. The number of aromatic nitrogens is 3. The normalized spacial score (nSPS) is 11.3. The summed E-state index contributed by atoms with van der Waals surface area (Å²) < 4.78 is 44.0. The third-order valence-corrected chi connectivity index (χ3v) is 5.19. The van der Waals surface area contributed by atoms with Crippen LogP contribution in [0.25, 0.3) is 16.9 Å². The van der Waals surface area contributed by atoms with Crippen molar-refractivity contribution in [3.63, 3.8) is 0 Å². The molecule has 0 amide bonds. The van der Waals surface area contributed by atoms with Crippen LogP contribution in [-0.2, 0) is 12.7 Å². The molecular weight excluding hydrogens is 417 g/mol. The first-order valence-electron chi connectivity index (χ1n) is 9.70. The van der Waals surface area contributed by atoms with Crippen molar-refractivity contribution in [1.82, 2.24) is 14.3 Å². The largest absolute Gasteiger partial charge is 0.417 e. The average molecular weight is 434 g/mol. The van der Waals surface area contributed by atoms with Gasteiger partial charge in [-0.25, -0.2) is 4.68 Å². The van der Waals surface area contributed by atoms with E-state index in [1.54, 1.807) is 41.9 Å². The molecule has 8 heteroatoms. The summed E-state index contributed by atoms with van der Waals surface area (Å²) in [5, 5.41) is 13.7. The highest BCUT2D eigenvalue weighted by atomic mass is 19.4. The lowest BCUT2D eigenvalue weighted by Gasteiger charge is -2.17. The maximum absolute atomic E-state index is 13.7. The molecule has 0 saturated heterocycles. The van der Waals surface area contributed by atoms with Gasteiger partial charge in [-0.2, -0.15) is 23.5 Å². The Labute approximate surface area is 181 Å². The molecule has 0 saturated carbocycles. The molecule has 0 aliphatic carbocycles. The standard InChI is InChI=1S/C24H17F3N4O/c1-16-20(14-29-31(16)18-10-6-3-7-11-18)22-12-21(24(25,26)27)19(13-28)23(32)30(22)15-17-8-4-2-5-9-17/h2-12,14H,15H2,1H3. The van der Waals surface area contributed by atoms with Crippen molar-refractivity contribution in [2.24, 2.45) is 0 Å². The zero-order valence-electron chi connectivity index (χ0n) is 17.0. The summed E-state index contributed by atoms with van der Waals surface area (Å²) in [6.07, 6.45) is -3.42. The lowest BCUT2D eigenvalue weighted by molar-refractivity contribution is -0.137. The number of benzene rings is 2. The van der Waals surface area contributed by atoms with Crippen LogP contribution in [0.3, 0.4) is 0 Å². The summed E-state index contributed by atoms with van der Waals surface area (Å²) in [5.74, 6) is 0. The lowest BCUT2D eigenvalue weighted by atomic mass is 10.0. The first-order chi connectivity index (χ1) is 15.3. The van der Waals surface area contributed by atoms with Gasteiger partial charge in [-0.05, 0) is 30.7 Å². The minimum atomic E-state index is -4.85. The molecule has 0 bridgehead atoms. The Morgan fingerprint density at radius 2 is 1.66 bits per heavy atom. The number of nitrogens with zero attached hydrogens (tertiary/aromatic N) is 4. The molecule has 0 atom stereocenters. The van der Waals surface area contributed by atoms with Crippen molar-refractivity contribution >= 4 is 0 Å². The molecule has 0 N–H and O–H groups in total. The van der Waals surface area contributed by atoms with E-state index in [9.17, 15) is 23.2 Å². The zero-order valence-corrected chi connectivity index (χ0v) is 17.0. The number of hydrogen-bond acceptors (Lipinski definition) is 3. The Bertz CT molecular complexity index is 1360. The third kappa shape index (κ3) is 3.81. The fraction of sp³-hybridized carbons (Fsp3) is 0.125. The van der Waals surface area contributed by atoms with Gasteiger partial charge in [-0.1, -0.05) is 48.5 Å². The van der Waals surface area contributed by atoms with Gasteiger partial charge in [-0.15, -0.1) is 0 Å². The second-order valence-electron chi connectivity index (χ2n) is 7.20. The molecule has 5 nitrogen and oxygen atoms in total. The highest BCUT2D eigenvalue weighted by Crippen LogP contribution is 2.34. The van der Waals surface area contributed by atoms with Crippen LogP contribution in [-0.4, -0.2) is 14.3 Å². The highest BCUT2D eigenvalue weighted by Gasteiger charge is 2.37. The summed E-state index contributed by atoms with van der Waals surface area (Å²) in [6, 6.07) is 20.3. The van der Waals surface area contributed by atoms with E-state index in [-0.39, 0.29) is 12.2 Å². The van der Waals surface area contributed by atoms with Gasteiger partial charge in [0.25, 0.3) is 5.56 Å². The van der Waals surface area contributed by atoms with E-state index in [0.29, 0.717) is 16.8 Å². The van der Waals surface area contributed by atoms with E-state index in [0.717, 1.165) is 11.8 Å². The maximum atomic E-state index is 13.7. The van der Waals surface area contributed by atoms with Gasteiger partial charge in [0.2, 0.25) is 0 Å². The van der Waals surface area contributed by atoms with Crippen molar-refractivity contribution in [3.05, 3.63) is 106 Å². The van der Waals surface area contributed by atoms with Crippen molar-refractivity contribution in [1.29, 1.82) is 5.26 Å².